The number of likely N-dealkylation sites (N-methyl/N-ethyl adjacent to an activating group) is 1. The van der Waals surface area contributed by atoms with Crippen molar-refractivity contribution in [1.82, 2.24) is 39.8 Å². The molecule has 17 heteroatoms. The Morgan fingerprint density at radius 1 is 1.20 bits per heavy atom. The standard InChI is InChI=1S/C24H23F3N10O4/c1-11-15(24(25,26)27)7-14(8-29-11)19-28-6-5-16(32-19)33-21(38)12(2)37-10-30-20-18(37)22(39)36(23(40)35(20)4)9-17-31-13(3)41-34-17/h5-8,10,12,18,20H,9H2,1-4H3,(H,28,32,33,38)/t12-,18?,20?/m0/s1. The Morgan fingerprint density at radius 2 is 1.95 bits per heavy atom. The molecule has 3 aromatic heterocycles. The van der Waals surface area contributed by atoms with Crippen molar-refractivity contribution in [3.05, 3.63) is 47.5 Å². The number of amides is 4. The van der Waals surface area contributed by atoms with Crippen LogP contribution >= 0.6 is 0 Å². The molecular formula is C24H23F3N10O4. The molecule has 2 aliphatic rings. The number of alkyl halides is 3. The SMILES string of the molecule is Cc1nc(CN2C(=O)C3C(N=CN3[C@@H](C)C(=O)Nc3ccnc(-c4cnc(C)c(C(F)(F)F)c4)n3)N(C)C2=O)no1. The minimum Gasteiger partial charge on any atom is -0.340 e. The van der Waals surface area contributed by atoms with Crippen LogP contribution in [0, 0.1) is 13.8 Å². The number of aliphatic imine (C=N–C) groups is 1. The number of halogens is 3. The Morgan fingerprint density at radius 3 is 2.63 bits per heavy atom. The van der Waals surface area contributed by atoms with Crippen molar-refractivity contribution >= 4 is 30.0 Å². The molecule has 3 aromatic rings. The highest BCUT2D eigenvalue weighted by Gasteiger charge is 2.51. The fourth-order valence-corrected chi connectivity index (χ4v) is 4.49. The van der Waals surface area contributed by atoms with E-state index >= 15 is 0 Å². The molecule has 0 aromatic carbocycles. The quantitative estimate of drug-likeness (QED) is 0.462. The maximum Gasteiger partial charge on any atom is 0.418 e. The number of fused-ring (bicyclic) bond motifs is 1. The number of nitrogens with one attached hydrogen (secondary N) is 1. The summed E-state index contributed by atoms with van der Waals surface area (Å²) >= 11 is 0. The number of aryl methyl sites for hydroxylation is 2. The second-order valence-electron chi connectivity index (χ2n) is 9.40. The van der Waals surface area contributed by atoms with Gasteiger partial charge in [-0.3, -0.25) is 19.5 Å². The second kappa shape index (κ2) is 10.2. The van der Waals surface area contributed by atoms with Gasteiger partial charge in [0.05, 0.1) is 18.4 Å². The summed E-state index contributed by atoms with van der Waals surface area (Å²) in [5.74, 6) is -0.845. The van der Waals surface area contributed by atoms with Crippen LogP contribution in [0.5, 0.6) is 0 Å². The largest absolute Gasteiger partial charge is 0.418 e. The molecule has 2 unspecified atom stereocenters. The van der Waals surface area contributed by atoms with E-state index in [1.807, 2.05) is 0 Å². The van der Waals surface area contributed by atoms with Crippen molar-refractivity contribution in [2.45, 2.75) is 51.7 Å². The van der Waals surface area contributed by atoms with Crippen molar-refractivity contribution in [2.75, 3.05) is 12.4 Å². The summed E-state index contributed by atoms with van der Waals surface area (Å²) in [5, 5.41) is 6.33. The number of imide groups is 1. The van der Waals surface area contributed by atoms with E-state index in [0.29, 0.717) is 0 Å². The zero-order valence-electron chi connectivity index (χ0n) is 22.1. The first kappa shape index (κ1) is 27.6. The molecule has 0 radical (unpaired) electrons. The number of urea groups is 1. The third-order valence-electron chi connectivity index (χ3n) is 6.66. The molecule has 0 spiro atoms. The molecule has 214 valence electrons. The number of rotatable bonds is 6. The van der Waals surface area contributed by atoms with Gasteiger partial charge in [0.15, 0.2) is 23.9 Å². The Bertz CT molecular complexity index is 1560. The lowest BCUT2D eigenvalue weighted by atomic mass is 10.1. The molecule has 1 N–H and O–H groups in total. The highest BCUT2D eigenvalue weighted by molar-refractivity contribution is 6.03. The van der Waals surface area contributed by atoms with Crippen molar-refractivity contribution in [1.29, 1.82) is 0 Å². The fourth-order valence-electron chi connectivity index (χ4n) is 4.49. The van der Waals surface area contributed by atoms with Gasteiger partial charge in [0.25, 0.3) is 5.91 Å². The van der Waals surface area contributed by atoms with Crippen molar-refractivity contribution in [3.8, 4) is 11.4 Å². The van der Waals surface area contributed by atoms with Gasteiger partial charge in [-0.1, -0.05) is 5.16 Å². The summed E-state index contributed by atoms with van der Waals surface area (Å²) in [6.45, 7) is 4.11. The molecule has 5 rings (SSSR count). The number of carbonyl (C=O) groups is 3. The summed E-state index contributed by atoms with van der Waals surface area (Å²) in [6, 6.07) is -0.325. The second-order valence-corrected chi connectivity index (χ2v) is 9.40. The van der Waals surface area contributed by atoms with E-state index in [9.17, 15) is 27.6 Å². The van der Waals surface area contributed by atoms with Gasteiger partial charge in [-0.05, 0) is 26.0 Å². The fraction of sp³-hybridized carbons (Fsp3) is 0.375. The van der Waals surface area contributed by atoms with E-state index in [-0.39, 0.29) is 41.2 Å². The Hall–Kier alpha value is -4.96. The van der Waals surface area contributed by atoms with Gasteiger partial charge in [0, 0.05) is 37.6 Å². The lowest BCUT2D eigenvalue weighted by Gasteiger charge is -2.41. The molecule has 3 atom stereocenters. The zero-order valence-corrected chi connectivity index (χ0v) is 22.1. The number of hydrogen-bond donors (Lipinski definition) is 1. The van der Waals surface area contributed by atoms with Gasteiger partial charge >= 0.3 is 12.2 Å². The van der Waals surface area contributed by atoms with Crippen LogP contribution in [0.2, 0.25) is 0 Å². The number of hydrogen-bond acceptors (Lipinski definition) is 11. The monoisotopic (exact) mass is 572 g/mol. The van der Waals surface area contributed by atoms with E-state index in [1.54, 1.807) is 6.92 Å². The average Bonchev–Trinajstić information content (AvgIpc) is 3.55. The summed E-state index contributed by atoms with van der Waals surface area (Å²) < 4.78 is 45.0. The lowest BCUT2D eigenvalue weighted by molar-refractivity contribution is -0.140. The van der Waals surface area contributed by atoms with Crippen LogP contribution in [0.3, 0.4) is 0 Å². The zero-order chi connectivity index (χ0) is 29.6. The van der Waals surface area contributed by atoms with Crippen LogP contribution in [-0.4, -0.2) is 89.3 Å². The Kier molecular flexibility index (Phi) is 6.88. The van der Waals surface area contributed by atoms with Crippen LogP contribution in [-0.2, 0) is 22.3 Å². The summed E-state index contributed by atoms with van der Waals surface area (Å²) in [7, 11) is 1.49. The maximum absolute atomic E-state index is 13.4. The van der Waals surface area contributed by atoms with E-state index < -0.39 is 47.8 Å². The normalized spacial score (nSPS) is 19.5. The van der Waals surface area contributed by atoms with Crippen LogP contribution in [0.15, 0.2) is 34.0 Å². The number of anilines is 1. The molecule has 1 fully saturated rings. The van der Waals surface area contributed by atoms with Crippen LogP contribution in [0.25, 0.3) is 11.4 Å². The average molecular weight is 573 g/mol. The van der Waals surface area contributed by atoms with Gasteiger partial charge in [-0.25, -0.2) is 19.8 Å². The van der Waals surface area contributed by atoms with Crippen molar-refractivity contribution < 1.29 is 32.1 Å². The third kappa shape index (κ3) is 5.17. The lowest BCUT2D eigenvalue weighted by Crippen LogP contribution is -2.66. The molecular weight excluding hydrogens is 549 g/mol. The predicted octanol–water partition coefficient (Wildman–Crippen LogP) is 2.02. The van der Waals surface area contributed by atoms with Crippen LogP contribution in [0.4, 0.5) is 23.8 Å². The topological polar surface area (TPSA) is 163 Å². The van der Waals surface area contributed by atoms with Gasteiger partial charge in [-0.15, -0.1) is 0 Å². The van der Waals surface area contributed by atoms with Gasteiger partial charge in [0.2, 0.25) is 11.8 Å². The molecule has 0 saturated carbocycles. The van der Waals surface area contributed by atoms with Gasteiger partial charge in [-0.2, -0.15) is 18.2 Å². The van der Waals surface area contributed by atoms with Crippen LogP contribution in [0.1, 0.15) is 29.9 Å². The molecule has 4 amide bonds. The maximum atomic E-state index is 13.4. The number of carbonyl (C=O) groups excluding carboxylic acids is 3. The molecule has 41 heavy (non-hydrogen) atoms. The third-order valence-corrected chi connectivity index (χ3v) is 6.66. The molecule has 14 nitrogen and oxygen atoms in total. The number of pyridine rings is 1. The first-order valence-electron chi connectivity index (χ1n) is 12.2. The highest BCUT2D eigenvalue weighted by Crippen LogP contribution is 2.33. The van der Waals surface area contributed by atoms with Crippen molar-refractivity contribution in [3.63, 3.8) is 0 Å². The van der Waals surface area contributed by atoms with E-state index in [0.717, 1.165) is 11.0 Å². The highest BCUT2D eigenvalue weighted by atomic mass is 19.4. The first-order chi connectivity index (χ1) is 19.3. The number of nitrogens with zero attached hydrogens (tertiary/aromatic N) is 9. The minimum atomic E-state index is -4.61. The molecule has 5 heterocycles. The summed E-state index contributed by atoms with van der Waals surface area (Å²) in [4.78, 5) is 63.5. The number of aromatic nitrogens is 5. The van der Waals surface area contributed by atoms with Gasteiger partial charge < -0.3 is 19.6 Å². The van der Waals surface area contributed by atoms with Gasteiger partial charge in [0.1, 0.15) is 11.9 Å². The Balaban J connectivity index is 1.33. The van der Waals surface area contributed by atoms with Crippen LogP contribution < -0.4 is 5.32 Å². The van der Waals surface area contributed by atoms with E-state index in [1.165, 1.54) is 55.5 Å². The molecule has 0 aliphatic carbocycles. The van der Waals surface area contributed by atoms with Crippen molar-refractivity contribution in [2.24, 2.45) is 4.99 Å². The summed E-state index contributed by atoms with van der Waals surface area (Å²) in [6.07, 6.45) is -1.66. The molecule has 1 saturated heterocycles. The predicted molar refractivity (Wildman–Crippen MR) is 134 cm³/mol. The molecule has 2 aliphatic heterocycles. The summed E-state index contributed by atoms with van der Waals surface area (Å²) in [5.41, 5.74) is -1.10. The van der Waals surface area contributed by atoms with E-state index in [4.69, 9.17) is 4.52 Å². The Labute approximate surface area is 230 Å². The molecule has 0 bridgehead atoms. The smallest absolute Gasteiger partial charge is 0.340 e. The minimum absolute atomic E-state index is 0.0129. The van der Waals surface area contributed by atoms with E-state index in [2.05, 4.69) is 35.4 Å². The first-order valence-corrected chi connectivity index (χ1v) is 12.2.